The number of hydrogen-bond acceptors (Lipinski definition) is 2. The van der Waals surface area contributed by atoms with E-state index in [9.17, 15) is 0 Å². The van der Waals surface area contributed by atoms with E-state index in [0.29, 0.717) is 35.8 Å². The van der Waals surface area contributed by atoms with Crippen LogP contribution in [0.1, 0.15) is 67.2 Å². The SMILES string of the molecule is CC1CC(C)C(N=CC=NC2C(C)CC(C)CC2C)C(C)C1. The Morgan fingerprint density at radius 2 is 0.818 bits per heavy atom. The van der Waals surface area contributed by atoms with Gasteiger partial charge in [0.1, 0.15) is 0 Å². The van der Waals surface area contributed by atoms with E-state index >= 15 is 0 Å². The van der Waals surface area contributed by atoms with Crippen LogP contribution in [-0.2, 0) is 0 Å². The highest BCUT2D eigenvalue weighted by molar-refractivity contribution is 6.16. The van der Waals surface area contributed by atoms with Crippen molar-refractivity contribution < 1.29 is 0 Å². The molecule has 2 saturated carbocycles. The molecule has 2 heteroatoms. The summed E-state index contributed by atoms with van der Waals surface area (Å²) in [5, 5.41) is 0. The van der Waals surface area contributed by atoms with Gasteiger partial charge in [-0.15, -0.1) is 0 Å². The minimum absolute atomic E-state index is 0.490. The van der Waals surface area contributed by atoms with Gasteiger partial charge in [-0.05, 0) is 61.2 Å². The molecule has 2 rings (SSSR count). The van der Waals surface area contributed by atoms with Crippen LogP contribution in [0.5, 0.6) is 0 Å². The fourth-order valence-corrected chi connectivity index (χ4v) is 5.27. The van der Waals surface area contributed by atoms with E-state index in [0.717, 1.165) is 11.8 Å². The van der Waals surface area contributed by atoms with E-state index < -0.39 is 0 Å². The van der Waals surface area contributed by atoms with Gasteiger partial charge in [-0.2, -0.15) is 0 Å². The van der Waals surface area contributed by atoms with E-state index in [2.05, 4.69) is 41.5 Å². The highest BCUT2D eigenvalue weighted by Crippen LogP contribution is 2.35. The third kappa shape index (κ3) is 4.43. The Balaban J connectivity index is 1.91. The van der Waals surface area contributed by atoms with Crippen molar-refractivity contribution in [2.75, 3.05) is 0 Å². The van der Waals surface area contributed by atoms with E-state index in [4.69, 9.17) is 9.98 Å². The fourth-order valence-electron chi connectivity index (χ4n) is 5.27. The van der Waals surface area contributed by atoms with Gasteiger partial charge < -0.3 is 0 Å². The minimum atomic E-state index is 0.490. The van der Waals surface area contributed by atoms with Crippen molar-refractivity contribution >= 4 is 12.4 Å². The van der Waals surface area contributed by atoms with E-state index in [1.54, 1.807) is 0 Å². The second-order valence-electron chi connectivity index (χ2n) is 8.64. The summed E-state index contributed by atoms with van der Waals surface area (Å²) in [4.78, 5) is 9.71. The van der Waals surface area contributed by atoms with Gasteiger partial charge >= 0.3 is 0 Å². The van der Waals surface area contributed by atoms with Crippen LogP contribution in [0.4, 0.5) is 0 Å². The maximum atomic E-state index is 4.85. The molecule has 0 aromatic heterocycles. The van der Waals surface area contributed by atoms with E-state index in [-0.39, 0.29) is 0 Å². The van der Waals surface area contributed by atoms with Gasteiger partial charge in [-0.1, -0.05) is 41.5 Å². The molecule has 0 aromatic carbocycles. The van der Waals surface area contributed by atoms with E-state index in [1.807, 2.05) is 12.4 Å². The first kappa shape index (κ1) is 17.7. The lowest BCUT2D eigenvalue weighted by molar-refractivity contribution is 0.196. The lowest BCUT2D eigenvalue weighted by Gasteiger charge is -2.35. The first-order valence-electron chi connectivity index (χ1n) is 9.43. The lowest BCUT2D eigenvalue weighted by atomic mass is 9.74. The summed E-state index contributed by atoms with van der Waals surface area (Å²) in [7, 11) is 0. The van der Waals surface area contributed by atoms with Crippen LogP contribution in [-0.4, -0.2) is 24.5 Å². The first-order valence-corrected chi connectivity index (χ1v) is 9.43. The quantitative estimate of drug-likeness (QED) is 0.635. The zero-order valence-electron chi connectivity index (χ0n) is 15.5. The Bertz CT molecular complexity index is 339. The molecule has 4 unspecified atom stereocenters. The van der Waals surface area contributed by atoms with Crippen LogP contribution in [0.2, 0.25) is 0 Å². The lowest BCUT2D eigenvalue weighted by Crippen LogP contribution is -2.33. The summed E-state index contributed by atoms with van der Waals surface area (Å²) < 4.78 is 0. The molecule has 126 valence electrons. The molecule has 0 radical (unpaired) electrons. The van der Waals surface area contributed by atoms with Crippen molar-refractivity contribution in [2.45, 2.75) is 79.3 Å². The average Bonchev–Trinajstić information content (AvgIpc) is 2.38. The monoisotopic (exact) mass is 304 g/mol. The average molecular weight is 305 g/mol. The summed E-state index contributed by atoms with van der Waals surface area (Å²) >= 11 is 0. The second-order valence-corrected chi connectivity index (χ2v) is 8.64. The topological polar surface area (TPSA) is 24.7 Å². The second kappa shape index (κ2) is 7.75. The molecule has 4 atom stereocenters. The Hall–Kier alpha value is -0.660. The van der Waals surface area contributed by atoms with Crippen LogP contribution in [0.15, 0.2) is 9.98 Å². The zero-order chi connectivity index (χ0) is 16.3. The normalized spacial score (nSPS) is 47.4. The van der Waals surface area contributed by atoms with Crippen molar-refractivity contribution in [3.05, 3.63) is 0 Å². The highest BCUT2D eigenvalue weighted by atomic mass is 14.8. The molecule has 0 heterocycles. The summed E-state index contributed by atoms with van der Waals surface area (Å²) in [5.41, 5.74) is 0. The number of nitrogens with zero attached hydrogens (tertiary/aromatic N) is 2. The molecule has 0 spiro atoms. The third-order valence-electron chi connectivity index (χ3n) is 6.01. The smallest absolute Gasteiger partial charge is 0.0551 e. The molecule has 0 N–H and O–H groups in total. The standard InChI is InChI=1S/C20H36N2/c1-13-9-15(3)19(16(4)10-13)21-7-8-22-20-17(5)11-14(2)12-18(20)6/h7-8,13-20H,9-12H2,1-6H3. The zero-order valence-corrected chi connectivity index (χ0v) is 15.5. The van der Waals surface area contributed by atoms with Crippen LogP contribution in [0, 0.1) is 35.5 Å². The van der Waals surface area contributed by atoms with Gasteiger partial charge in [0.05, 0.1) is 12.1 Å². The fraction of sp³-hybridized carbons (Fsp3) is 0.900. The van der Waals surface area contributed by atoms with Crippen LogP contribution in [0.25, 0.3) is 0 Å². The molecule has 2 aliphatic rings. The van der Waals surface area contributed by atoms with Crippen LogP contribution >= 0.6 is 0 Å². The van der Waals surface area contributed by atoms with Gasteiger partial charge in [-0.3, -0.25) is 9.98 Å². The van der Waals surface area contributed by atoms with Crippen molar-refractivity contribution in [1.82, 2.24) is 0 Å². The molecule has 0 saturated heterocycles. The van der Waals surface area contributed by atoms with Crippen LogP contribution < -0.4 is 0 Å². The largest absolute Gasteiger partial charge is 0.288 e. The Kier molecular flexibility index (Phi) is 6.23. The van der Waals surface area contributed by atoms with Gasteiger partial charge in [0, 0.05) is 12.4 Å². The predicted molar refractivity (Wildman–Crippen MR) is 98.0 cm³/mol. The Morgan fingerprint density at radius 1 is 0.545 bits per heavy atom. The molecule has 22 heavy (non-hydrogen) atoms. The summed E-state index contributed by atoms with van der Waals surface area (Å²) in [6.45, 7) is 14.2. The van der Waals surface area contributed by atoms with Crippen molar-refractivity contribution in [3.8, 4) is 0 Å². The maximum absolute atomic E-state index is 4.85. The summed E-state index contributed by atoms with van der Waals surface area (Å²) in [6, 6.07) is 0.979. The minimum Gasteiger partial charge on any atom is -0.288 e. The Morgan fingerprint density at radius 3 is 1.09 bits per heavy atom. The number of hydrogen-bond donors (Lipinski definition) is 0. The van der Waals surface area contributed by atoms with Crippen LogP contribution in [0.3, 0.4) is 0 Å². The molecule has 2 aliphatic carbocycles. The van der Waals surface area contributed by atoms with Gasteiger partial charge in [0.2, 0.25) is 0 Å². The van der Waals surface area contributed by atoms with E-state index in [1.165, 1.54) is 25.7 Å². The summed E-state index contributed by atoms with van der Waals surface area (Å²) in [6.07, 6.45) is 9.25. The van der Waals surface area contributed by atoms with Gasteiger partial charge in [0.15, 0.2) is 0 Å². The first-order chi connectivity index (χ1) is 10.4. The van der Waals surface area contributed by atoms with Gasteiger partial charge in [-0.25, -0.2) is 0 Å². The molecular formula is C20H36N2. The molecule has 0 bridgehead atoms. The van der Waals surface area contributed by atoms with Crippen molar-refractivity contribution in [3.63, 3.8) is 0 Å². The molecule has 0 aromatic rings. The summed E-state index contributed by atoms with van der Waals surface area (Å²) in [5.74, 6) is 4.54. The molecular weight excluding hydrogens is 268 g/mol. The molecule has 2 nitrogen and oxygen atoms in total. The van der Waals surface area contributed by atoms with Crippen molar-refractivity contribution in [1.29, 1.82) is 0 Å². The Labute approximate surface area is 137 Å². The third-order valence-corrected chi connectivity index (χ3v) is 6.01. The molecule has 0 aliphatic heterocycles. The maximum Gasteiger partial charge on any atom is 0.0551 e. The highest BCUT2D eigenvalue weighted by Gasteiger charge is 2.31. The predicted octanol–water partition coefficient (Wildman–Crippen LogP) is 5.27. The number of aliphatic imine (C=N–C) groups is 2. The molecule has 0 amide bonds. The van der Waals surface area contributed by atoms with Crippen molar-refractivity contribution in [2.24, 2.45) is 45.5 Å². The van der Waals surface area contributed by atoms with Gasteiger partial charge in [0.25, 0.3) is 0 Å². The molecule has 2 fully saturated rings. The number of rotatable bonds is 3.